The van der Waals surface area contributed by atoms with Crippen LogP contribution in [-0.4, -0.2) is 23.9 Å². The van der Waals surface area contributed by atoms with Crippen LogP contribution in [0.25, 0.3) is 0 Å². The summed E-state index contributed by atoms with van der Waals surface area (Å²) in [5.74, 6) is 0.408. The van der Waals surface area contributed by atoms with E-state index >= 15 is 0 Å². The van der Waals surface area contributed by atoms with E-state index in [2.05, 4.69) is 25.2 Å². The molecular formula is C17H22N2O2. The summed E-state index contributed by atoms with van der Waals surface area (Å²) >= 11 is 0. The van der Waals surface area contributed by atoms with Crippen LogP contribution in [0.4, 0.5) is 5.69 Å². The predicted octanol–water partition coefficient (Wildman–Crippen LogP) is 2.59. The summed E-state index contributed by atoms with van der Waals surface area (Å²) in [5, 5.41) is 2.95. The zero-order valence-corrected chi connectivity index (χ0v) is 12.7. The molecule has 0 aromatic heterocycles. The van der Waals surface area contributed by atoms with E-state index in [0.29, 0.717) is 5.92 Å². The Kier molecular flexibility index (Phi) is 3.47. The van der Waals surface area contributed by atoms with Gasteiger partial charge in [0.05, 0.1) is 0 Å². The molecule has 0 atom stereocenters. The van der Waals surface area contributed by atoms with Crippen molar-refractivity contribution in [2.24, 2.45) is 0 Å². The maximum Gasteiger partial charge on any atom is 0.253 e. The summed E-state index contributed by atoms with van der Waals surface area (Å²) in [6, 6.07) is 7.98. The molecule has 21 heavy (non-hydrogen) atoms. The van der Waals surface area contributed by atoms with Gasteiger partial charge < -0.3 is 10.2 Å². The highest BCUT2D eigenvalue weighted by atomic mass is 16.2. The molecule has 0 radical (unpaired) electrons. The number of carbonyl (C=O) groups excluding carboxylic acids is 2. The second-order valence-corrected chi connectivity index (χ2v) is 6.48. The van der Waals surface area contributed by atoms with Crippen molar-refractivity contribution in [3.05, 3.63) is 29.8 Å². The van der Waals surface area contributed by atoms with Gasteiger partial charge in [0.2, 0.25) is 5.91 Å². The Balaban J connectivity index is 1.95. The first kappa shape index (κ1) is 14.1. The van der Waals surface area contributed by atoms with Crippen LogP contribution in [0.3, 0.4) is 0 Å². The lowest BCUT2D eigenvalue weighted by molar-refractivity contribution is -0.135. The predicted molar refractivity (Wildman–Crippen MR) is 82.2 cm³/mol. The lowest BCUT2D eigenvalue weighted by atomic mass is 9.92. The van der Waals surface area contributed by atoms with Crippen molar-refractivity contribution in [3.8, 4) is 0 Å². The Morgan fingerprint density at radius 1 is 1.19 bits per heavy atom. The molecule has 1 aliphatic carbocycles. The molecule has 1 spiro atoms. The third kappa shape index (κ3) is 2.43. The lowest BCUT2D eigenvalue weighted by Crippen LogP contribution is -2.65. The summed E-state index contributed by atoms with van der Waals surface area (Å²) in [6.45, 7) is 4.38. The Hall–Kier alpha value is -1.84. The van der Waals surface area contributed by atoms with Gasteiger partial charge in [-0.2, -0.15) is 0 Å². The molecule has 4 nitrogen and oxygen atoms in total. The van der Waals surface area contributed by atoms with Gasteiger partial charge in [0.25, 0.3) is 5.91 Å². The normalized spacial score (nSPS) is 21.2. The van der Waals surface area contributed by atoms with Crippen molar-refractivity contribution >= 4 is 17.5 Å². The van der Waals surface area contributed by atoms with E-state index < -0.39 is 5.54 Å². The zero-order chi connectivity index (χ0) is 15.0. The molecule has 2 aliphatic rings. The van der Waals surface area contributed by atoms with Gasteiger partial charge in [0.1, 0.15) is 12.1 Å². The molecule has 1 N–H and O–H groups in total. The highest BCUT2D eigenvalue weighted by Gasteiger charge is 2.48. The summed E-state index contributed by atoms with van der Waals surface area (Å²) in [6.07, 6.45) is 3.54. The Morgan fingerprint density at radius 3 is 2.57 bits per heavy atom. The Labute approximate surface area is 125 Å². The standard InChI is InChI=1S/C17H22N2O2/c1-12(2)13-6-5-7-14(10-13)19-11-15(20)18-17(16(19)21)8-3-4-9-17/h5-7,10,12H,3-4,8-9,11H2,1-2H3,(H,18,20). The van der Waals surface area contributed by atoms with Crippen LogP contribution in [-0.2, 0) is 9.59 Å². The molecule has 112 valence electrons. The first-order valence-corrected chi connectivity index (χ1v) is 7.75. The largest absolute Gasteiger partial charge is 0.340 e. The summed E-state index contributed by atoms with van der Waals surface area (Å²) in [5.41, 5.74) is 1.38. The minimum Gasteiger partial charge on any atom is -0.340 e. The molecule has 0 bridgehead atoms. The van der Waals surface area contributed by atoms with Gasteiger partial charge in [-0.1, -0.05) is 38.8 Å². The van der Waals surface area contributed by atoms with Crippen LogP contribution < -0.4 is 10.2 Å². The number of anilines is 1. The third-order valence-corrected chi connectivity index (χ3v) is 4.64. The van der Waals surface area contributed by atoms with Crippen LogP contribution in [0.5, 0.6) is 0 Å². The van der Waals surface area contributed by atoms with Gasteiger partial charge in [-0.15, -0.1) is 0 Å². The van der Waals surface area contributed by atoms with Crippen LogP contribution in [0, 0.1) is 0 Å². The van der Waals surface area contributed by atoms with E-state index in [4.69, 9.17) is 0 Å². The fraction of sp³-hybridized carbons (Fsp3) is 0.529. The number of rotatable bonds is 2. The molecule has 1 heterocycles. The second kappa shape index (κ2) is 5.17. The molecule has 2 fully saturated rings. The average Bonchev–Trinajstić information content (AvgIpc) is 2.92. The fourth-order valence-electron chi connectivity index (χ4n) is 3.41. The topological polar surface area (TPSA) is 49.4 Å². The van der Waals surface area contributed by atoms with Crippen molar-refractivity contribution < 1.29 is 9.59 Å². The summed E-state index contributed by atoms with van der Waals surface area (Å²) in [4.78, 5) is 26.6. The third-order valence-electron chi connectivity index (χ3n) is 4.64. The van der Waals surface area contributed by atoms with Crippen LogP contribution in [0.1, 0.15) is 51.0 Å². The number of hydrogen-bond acceptors (Lipinski definition) is 2. The molecule has 1 saturated heterocycles. The number of amides is 2. The van der Waals surface area contributed by atoms with Crippen molar-refractivity contribution in [1.29, 1.82) is 0 Å². The van der Waals surface area contributed by atoms with Crippen molar-refractivity contribution in [3.63, 3.8) is 0 Å². The number of benzene rings is 1. The van der Waals surface area contributed by atoms with E-state index in [-0.39, 0.29) is 18.4 Å². The van der Waals surface area contributed by atoms with E-state index in [9.17, 15) is 9.59 Å². The van der Waals surface area contributed by atoms with E-state index in [1.54, 1.807) is 4.90 Å². The first-order chi connectivity index (χ1) is 10.0. The van der Waals surface area contributed by atoms with Gasteiger partial charge >= 0.3 is 0 Å². The number of nitrogens with zero attached hydrogens (tertiary/aromatic N) is 1. The smallest absolute Gasteiger partial charge is 0.253 e. The molecule has 1 aromatic rings. The van der Waals surface area contributed by atoms with Gasteiger partial charge in [-0.05, 0) is 36.5 Å². The Morgan fingerprint density at radius 2 is 1.90 bits per heavy atom. The second-order valence-electron chi connectivity index (χ2n) is 6.48. The highest BCUT2D eigenvalue weighted by Crippen LogP contribution is 2.35. The van der Waals surface area contributed by atoms with Crippen molar-refractivity contribution in [2.45, 2.75) is 51.0 Å². The lowest BCUT2D eigenvalue weighted by Gasteiger charge is -2.39. The van der Waals surface area contributed by atoms with Crippen LogP contribution in [0.2, 0.25) is 0 Å². The van der Waals surface area contributed by atoms with Gasteiger partial charge in [-0.3, -0.25) is 9.59 Å². The minimum atomic E-state index is -0.650. The van der Waals surface area contributed by atoms with Crippen LogP contribution >= 0.6 is 0 Å². The molecule has 2 amide bonds. The summed E-state index contributed by atoms with van der Waals surface area (Å²) < 4.78 is 0. The quantitative estimate of drug-likeness (QED) is 0.908. The fourth-order valence-corrected chi connectivity index (χ4v) is 3.41. The number of nitrogens with one attached hydrogen (secondary N) is 1. The molecular weight excluding hydrogens is 264 g/mol. The van der Waals surface area contributed by atoms with E-state index in [1.165, 1.54) is 5.56 Å². The van der Waals surface area contributed by atoms with Gasteiger partial charge in [0, 0.05) is 5.69 Å². The van der Waals surface area contributed by atoms with E-state index in [1.807, 2.05) is 18.2 Å². The van der Waals surface area contributed by atoms with Gasteiger partial charge in [-0.25, -0.2) is 0 Å². The summed E-state index contributed by atoms with van der Waals surface area (Å²) in [7, 11) is 0. The number of hydrogen-bond donors (Lipinski definition) is 1. The Bertz CT molecular complexity index is 574. The SMILES string of the molecule is CC(C)c1cccc(N2CC(=O)NC3(CCCC3)C2=O)c1. The van der Waals surface area contributed by atoms with E-state index in [0.717, 1.165) is 31.4 Å². The van der Waals surface area contributed by atoms with Crippen molar-refractivity contribution in [2.75, 3.05) is 11.4 Å². The first-order valence-electron chi connectivity index (χ1n) is 7.75. The maximum atomic E-state index is 12.9. The zero-order valence-electron chi connectivity index (χ0n) is 12.7. The minimum absolute atomic E-state index is 0.0496. The molecule has 0 unspecified atom stereocenters. The number of piperazine rings is 1. The maximum absolute atomic E-state index is 12.9. The average molecular weight is 286 g/mol. The molecule has 3 rings (SSSR count). The number of carbonyl (C=O) groups is 2. The molecule has 1 aromatic carbocycles. The highest BCUT2D eigenvalue weighted by molar-refractivity contribution is 6.09. The van der Waals surface area contributed by atoms with Crippen molar-refractivity contribution in [1.82, 2.24) is 5.32 Å². The van der Waals surface area contributed by atoms with Gasteiger partial charge in [0.15, 0.2) is 0 Å². The monoisotopic (exact) mass is 286 g/mol. The molecule has 4 heteroatoms. The molecule has 1 aliphatic heterocycles. The molecule has 1 saturated carbocycles. The van der Waals surface area contributed by atoms with Crippen LogP contribution in [0.15, 0.2) is 24.3 Å².